The minimum absolute atomic E-state index is 0.129. The average molecular weight is 261 g/mol. The normalized spacial score (nSPS) is 15.8. The quantitative estimate of drug-likeness (QED) is 0.849. The lowest BCUT2D eigenvalue weighted by molar-refractivity contribution is -0.142. The van der Waals surface area contributed by atoms with Gasteiger partial charge in [-0.05, 0) is 30.4 Å². The third-order valence-corrected chi connectivity index (χ3v) is 3.61. The number of rotatable bonds is 5. The molecule has 4 nitrogen and oxygen atoms in total. The van der Waals surface area contributed by atoms with Crippen LogP contribution in [0.4, 0.5) is 0 Å². The van der Waals surface area contributed by atoms with Crippen LogP contribution in [0.2, 0.25) is 0 Å². The maximum atomic E-state index is 12.1. The van der Waals surface area contributed by atoms with Crippen LogP contribution >= 0.6 is 0 Å². The van der Waals surface area contributed by atoms with Gasteiger partial charge in [-0.1, -0.05) is 37.6 Å². The van der Waals surface area contributed by atoms with Gasteiger partial charge in [0.25, 0.3) is 0 Å². The van der Waals surface area contributed by atoms with Gasteiger partial charge in [0.15, 0.2) is 0 Å². The summed E-state index contributed by atoms with van der Waals surface area (Å²) in [6, 6.07) is 7.24. The summed E-state index contributed by atoms with van der Waals surface area (Å²) in [6.07, 6.45) is 2.63. The molecule has 0 saturated heterocycles. The highest BCUT2D eigenvalue weighted by molar-refractivity contribution is 5.85. The third kappa shape index (κ3) is 3.13. The van der Waals surface area contributed by atoms with E-state index in [1.807, 2.05) is 31.2 Å². The van der Waals surface area contributed by atoms with Gasteiger partial charge in [0.2, 0.25) is 5.91 Å². The molecule has 1 aliphatic rings. The molecule has 1 atom stereocenters. The number of hydrogen-bond acceptors (Lipinski definition) is 2. The lowest BCUT2D eigenvalue weighted by Crippen LogP contribution is -2.43. The van der Waals surface area contributed by atoms with E-state index in [9.17, 15) is 9.59 Å². The Morgan fingerprint density at radius 1 is 1.32 bits per heavy atom. The maximum absolute atomic E-state index is 12.1. The zero-order valence-corrected chi connectivity index (χ0v) is 11.1. The van der Waals surface area contributed by atoms with Gasteiger partial charge in [-0.25, -0.2) is 4.79 Å². The Morgan fingerprint density at radius 2 is 1.89 bits per heavy atom. The Labute approximate surface area is 112 Å². The Kier molecular flexibility index (Phi) is 4.20. The molecule has 1 aromatic rings. The van der Waals surface area contributed by atoms with Crippen molar-refractivity contribution in [2.45, 2.75) is 38.6 Å². The zero-order valence-electron chi connectivity index (χ0n) is 11.1. The first-order valence-corrected chi connectivity index (χ1v) is 6.71. The van der Waals surface area contributed by atoms with E-state index in [-0.39, 0.29) is 11.8 Å². The van der Waals surface area contributed by atoms with E-state index in [0.717, 1.165) is 6.42 Å². The van der Waals surface area contributed by atoms with E-state index >= 15 is 0 Å². The molecule has 2 N–H and O–H groups in total. The van der Waals surface area contributed by atoms with Crippen molar-refractivity contribution in [1.82, 2.24) is 5.32 Å². The molecule has 0 saturated carbocycles. The Morgan fingerprint density at radius 3 is 2.37 bits per heavy atom. The van der Waals surface area contributed by atoms with Crippen LogP contribution in [0.25, 0.3) is 0 Å². The van der Waals surface area contributed by atoms with Crippen LogP contribution in [0.3, 0.4) is 0 Å². The number of carboxylic acids is 1. The Hall–Kier alpha value is -1.84. The third-order valence-electron chi connectivity index (χ3n) is 3.61. The van der Waals surface area contributed by atoms with Crippen molar-refractivity contribution in [3.05, 3.63) is 35.4 Å². The molecule has 2 rings (SSSR count). The lowest BCUT2D eigenvalue weighted by Gasteiger charge is -2.16. The van der Waals surface area contributed by atoms with Crippen LogP contribution in [-0.2, 0) is 22.4 Å². The fraction of sp³-hybridized carbons (Fsp3) is 0.467. The van der Waals surface area contributed by atoms with Crippen LogP contribution in [0.15, 0.2) is 24.3 Å². The number of hydrogen-bond donors (Lipinski definition) is 2. The van der Waals surface area contributed by atoms with Crippen LogP contribution in [-0.4, -0.2) is 23.0 Å². The van der Waals surface area contributed by atoms with Gasteiger partial charge in [0, 0.05) is 5.92 Å². The lowest BCUT2D eigenvalue weighted by atomic mass is 10.0. The molecule has 19 heavy (non-hydrogen) atoms. The first-order chi connectivity index (χ1) is 9.11. The fourth-order valence-corrected chi connectivity index (χ4v) is 2.58. The Bertz CT molecular complexity index is 459. The first-order valence-electron chi connectivity index (χ1n) is 6.71. The van der Waals surface area contributed by atoms with Crippen molar-refractivity contribution in [3.8, 4) is 0 Å². The van der Waals surface area contributed by atoms with Gasteiger partial charge < -0.3 is 10.4 Å². The van der Waals surface area contributed by atoms with Gasteiger partial charge in [-0.3, -0.25) is 4.79 Å². The van der Waals surface area contributed by atoms with Crippen molar-refractivity contribution >= 4 is 11.9 Å². The molecular weight excluding hydrogens is 242 g/mol. The molecule has 0 heterocycles. The predicted molar refractivity (Wildman–Crippen MR) is 71.8 cm³/mol. The highest BCUT2D eigenvalue weighted by Gasteiger charge is 2.29. The van der Waals surface area contributed by atoms with E-state index in [1.54, 1.807) is 0 Å². The highest BCUT2D eigenvalue weighted by Crippen LogP contribution is 2.26. The van der Waals surface area contributed by atoms with E-state index in [4.69, 9.17) is 5.11 Å². The molecule has 0 aromatic heterocycles. The standard InChI is InChI=1S/C15H19NO3/c1-2-5-13(15(18)19)16-14(17)12-8-10-6-3-4-7-11(10)9-12/h3-4,6-7,12-13H,2,5,8-9H2,1H3,(H,16,17)(H,18,19)/t13-/m0/s1. The summed E-state index contributed by atoms with van der Waals surface area (Å²) in [5.41, 5.74) is 2.40. The van der Waals surface area contributed by atoms with Crippen molar-refractivity contribution in [1.29, 1.82) is 0 Å². The van der Waals surface area contributed by atoms with E-state index in [2.05, 4.69) is 5.32 Å². The number of carbonyl (C=O) groups is 2. The molecule has 0 radical (unpaired) electrons. The molecule has 1 aromatic carbocycles. The molecular formula is C15H19NO3. The number of amides is 1. The van der Waals surface area contributed by atoms with Crippen molar-refractivity contribution in [2.75, 3.05) is 0 Å². The van der Waals surface area contributed by atoms with Crippen LogP contribution < -0.4 is 5.32 Å². The van der Waals surface area contributed by atoms with E-state index in [0.29, 0.717) is 19.3 Å². The molecule has 0 aliphatic heterocycles. The summed E-state index contributed by atoms with van der Waals surface area (Å²) in [4.78, 5) is 23.2. The molecule has 1 aliphatic carbocycles. The SMILES string of the molecule is CCC[C@H](NC(=O)C1Cc2ccccc2C1)C(=O)O. The Balaban J connectivity index is 1.97. The average Bonchev–Trinajstić information content (AvgIpc) is 2.81. The summed E-state index contributed by atoms with van der Waals surface area (Å²) < 4.78 is 0. The van der Waals surface area contributed by atoms with Crippen LogP contribution in [0.5, 0.6) is 0 Å². The van der Waals surface area contributed by atoms with Gasteiger partial charge in [0.1, 0.15) is 6.04 Å². The molecule has 0 fully saturated rings. The predicted octanol–water partition coefficient (Wildman–Crippen LogP) is 1.77. The summed E-state index contributed by atoms with van der Waals surface area (Å²) in [5, 5.41) is 11.7. The number of carbonyl (C=O) groups excluding carboxylic acids is 1. The van der Waals surface area contributed by atoms with Gasteiger partial charge in [-0.15, -0.1) is 0 Å². The minimum atomic E-state index is -0.953. The summed E-state index contributed by atoms with van der Waals surface area (Å²) >= 11 is 0. The van der Waals surface area contributed by atoms with Crippen LogP contribution in [0.1, 0.15) is 30.9 Å². The smallest absolute Gasteiger partial charge is 0.326 e. The largest absolute Gasteiger partial charge is 0.480 e. The number of nitrogens with one attached hydrogen (secondary N) is 1. The summed E-state index contributed by atoms with van der Waals surface area (Å²) in [5.74, 6) is -1.22. The molecule has 102 valence electrons. The first kappa shape index (κ1) is 13.6. The van der Waals surface area contributed by atoms with Gasteiger partial charge >= 0.3 is 5.97 Å². The fourth-order valence-electron chi connectivity index (χ4n) is 2.58. The molecule has 4 heteroatoms. The van der Waals surface area contributed by atoms with Crippen molar-refractivity contribution in [3.63, 3.8) is 0 Å². The molecule has 0 unspecified atom stereocenters. The second-order valence-electron chi connectivity index (χ2n) is 5.06. The van der Waals surface area contributed by atoms with Gasteiger partial charge in [0.05, 0.1) is 0 Å². The summed E-state index contributed by atoms with van der Waals surface area (Å²) in [7, 11) is 0. The zero-order chi connectivity index (χ0) is 13.8. The second kappa shape index (κ2) is 5.87. The maximum Gasteiger partial charge on any atom is 0.326 e. The minimum Gasteiger partial charge on any atom is -0.480 e. The second-order valence-corrected chi connectivity index (χ2v) is 5.06. The topological polar surface area (TPSA) is 66.4 Å². The van der Waals surface area contributed by atoms with Crippen molar-refractivity contribution in [2.24, 2.45) is 5.92 Å². The number of carboxylic acid groups (broad SMARTS) is 1. The van der Waals surface area contributed by atoms with E-state index < -0.39 is 12.0 Å². The molecule has 1 amide bonds. The highest BCUT2D eigenvalue weighted by atomic mass is 16.4. The number of benzene rings is 1. The van der Waals surface area contributed by atoms with Crippen LogP contribution in [0, 0.1) is 5.92 Å². The molecule has 0 bridgehead atoms. The summed E-state index contributed by atoms with van der Waals surface area (Å²) in [6.45, 7) is 1.91. The van der Waals surface area contributed by atoms with E-state index in [1.165, 1.54) is 11.1 Å². The number of fused-ring (bicyclic) bond motifs is 1. The molecule has 0 spiro atoms. The van der Waals surface area contributed by atoms with Gasteiger partial charge in [-0.2, -0.15) is 0 Å². The monoisotopic (exact) mass is 261 g/mol. The number of aliphatic carboxylic acids is 1. The van der Waals surface area contributed by atoms with Crippen molar-refractivity contribution < 1.29 is 14.7 Å².